The minimum Gasteiger partial charge on any atom is -0.384 e. The molecule has 0 atom stereocenters. The number of aliphatic hydroxyl groups excluding tert-OH is 1. The minimum absolute atomic E-state index is 0.0406. The van der Waals surface area contributed by atoms with Crippen LogP contribution in [0.2, 0.25) is 0 Å². The van der Waals surface area contributed by atoms with Crippen LogP contribution in [0.15, 0.2) is 12.1 Å². The van der Waals surface area contributed by atoms with Crippen LogP contribution in [0, 0.1) is 17.8 Å². The van der Waals surface area contributed by atoms with Crippen LogP contribution in [0.3, 0.4) is 0 Å². The fourth-order valence-electron chi connectivity index (χ4n) is 1.28. The molecule has 0 aliphatic carbocycles. The fraction of sp³-hybridized carbons (Fsp3) is 0.429. The maximum absolute atomic E-state index is 11.8. The Hall–Kier alpha value is -1.84. The summed E-state index contributed by atoms with van der Waals surface area (Å²) in [4.78, 5) is 24.4. The van der Waals surface area contributed by atoms with Crippen molar-refractivity contribution in [3.63, 3.8) is 0 Å². The molecule has 0 spiro atoms. The quantitative estimate of drug-likeness (QED) is 0.696. The van der Waals surface area contributed by atoms with E-state index in [1.807, 2.05) is 13.8 Å². The van der Waals surface area contributed by atoms with Gasteiger partial charge < -0.3 is 15.7 Å². The van der Waals surface area contributed by atoms with Crippen molar-refractivity contribution in [2.24, 2.45) is 5.92 Å². The third-order valence-corrected chi connectivity index (χ3v) is 3.24. The minimum atomic E-state index is -0.299. The molecule has 2 amide bonds. The molecule has 20 heavy (non-hydrogen) atoms. The van der Waals surface area contributed by atoms with Gasteiger partial charge in [-0.3, -0.25) is 9.59 Å². The molecule has 3 N–H and O–H groups in total. The average molecular weight is 294 g/mol. The van der Waals surface area contributed by atoms with E-state index in [-0.39, 0.29) is 25.0 Å². The highest BCUT2D eigenvalue weighted by molar-refractivity contribution is 7.14. The number of hydrogen-bond acceptors (Lipinski definition) is 4. The van der Waals surface area contributed by atoms with E-state index >= 15 is 0 Å². The van der Waals surface area contributed by atoms with Crippen molar-refractivity contribution in [2.75, 3.05) is 19.7 Å². The largest absolute Gasteiger partial charge is 0.384 e. The number of nitrogens with one attached hydrogen (secondary N) is 2. The third-order valence-electron chi connectivity index (χ3n) is 2.24. The van der Waals surface area contributed by atoms with Gasteiger partial charge in [-0.2, -0.15) is 0 Å². The molecule has 0 fully saturated rings. The van der Waals surface area contributed by atoms with Crippen LogP contribution < -0.4 is 10.6 Å². The van der Waals surface area contributed by atoms with Crippen LogP contribution in [-0.2, 0) is 4.79 Å². The summed E-state index contributed by atoms with van der Waals surface area (Å²) in [5.41, 5.74) is 0. The van der Waals surface area contributed by atoms with Gasteiger partial charge >= 0.3 is 0 Å². The van der Waals surface area contributed by atoms with E-state index in [2.05, 4.69) is 22.5 Å². The van der Waals surface area contributed by atoms with E-state index in [0.717, 1.165) is 0 Å². The Morgan fingerprint density at radius 3 is 2.75 bits per heavy atom. The van der Waals surface area contributed by atoms with Gasteiger partial charge in [0.05, 0.1) is 16.3 Å². The summed E-state index contributed by atoms with van der Waals surface area (Å²) < 4.78 is 0. The Morgan fingerprint density at radius 1 is 1.35 bits per heavy atom. The second-order valence-electron chi connectivity index (χ2n) is 4.50. The summed E-state index contributed by atoms with van der Waals surface area (Å²) in [6, 6.07) is 3.36. The number of aliphatic hydroxyl groups is 1. The summed E-state index contributed by atoms with van der Waals surface area (Å²) in [7, 11) is 0. The first-order valence-corrected chi connectivity index (χ1v) is 7.09. The maximum Gasteiger partial charge on any atom is 0.261 e. The highest BCUT2D eigenvalue weighted by Gasteiger charge is 2.10. The monoisotopic (exact) mass is 294 g/mol. The number of carbonyl (C=O) groups is 2. The zero-order chi connectivity index (χ0) is 15.0. The van der Waals surface area contributed by atoms with E-state index in [9.17, 15) is 9.59 Å². The normalized spacial score (nSPS) is 9.80. The number of rotatable bonds is 5. The van der Waals surface area contributed by atoms with Crippen LogP contribution in [0.1, 0.15) is 28.4 Å². The summed E-state index contributed by atoms with van der Waals surface area (Å²) >= 11 is 1.22. The second kappa shape index (κ2) is 8.35. The van der Waals surface area contributed by atoms with Gasteiger partial charge in [-0.25, -0.2) is 0 Å². The lowest BCUT2D eigenvalue weighted by Crippen LogP contribution is -2.38. The van der Waals surface area contributed by atoms with Crippen molar-refractivity contribution < 1.29 is 14.7 Å². The molecule has 108 valence electrons. The van der Waals surface area contributed by atoms with E-state index in [4.69, 9.17) is 5.11 Å². The molecule has 0 unspecified atom stereocenters. The Labute approximate surface area is 122 Å². The average Bonchev–Trinajstić information content (AvgIpc) is 2.89. The van der Waals surface area contributed by atoms with E-state index in [1.54, 1.807) is 12.1 Å². The van der Waals surface area contributed by atoms with Crippen LogP contribution in [0.4, 0.5) is 0 Å². The summed E-state index contributed by atoms with van der Waals surface area (Å²) in [5.74, 6) is 5.11. The predicted octanol–water partition coefficient (Wildman–Crippen LogP) is 0.594. The Morgan fingerprint density at radius 2 is 2.10 bits per heavy atom. The standard InChI is InChI=1S/C14H18N2O3S/c1-10(2)8-15-13(18)9-16-14(19)12-6-5-11(20-12)4-3-7-17/h5-6,10,17H,7-9H2,1-2H3,(H,15,18)(H,16,19). The molecule has 0 radical (unpaired) electrons. The number of amides is 2. The molecule has 0 saturated carbocycles. The molecule has 0 aliphatic rings. The van der Waals surface area contributed by atoms with Crippen LogP contribution in [0.25, 0.3) is 0 Å². The van der Waals surface area contributed by atoms with E-state index < -0.39 is 0 Å². The van der Waals surface area contributed by atoms with E-state index in [1.165, 1.54) is 11.3 Å². The Kier molecular flexibility index (Phi) is 6.77. The smallest absolute Gasteiger partial charge is 0.261 e. The van der Waals surface area contributed by atoms with Crippen molar-refractivity contribution in [1.82, 2.24) is 10.6 Å². The van der Waals surface area contributed by atoms with Gasteiger partial charge in [0.1, 0.15) is 6.61 Å². The molecular weight excluding hydrogens is 276 g/mol. The summed E-state index contributed by atoms with van der Waals surface area (Å²) in [5, 5.41) is 13.9. The SMILES string of the molecule is CC(C)CNC(=O)CNC(=O)c1ccc(C#CCO)s1. The molecule has 1 aromatic rings. The zero-order valence-corrected chi connectivity index (χ0v) is 12.3. The van der Waals surface area contributed by atoms with Crippen molar-refractivity contribution in [3.05, 3.63) is 21.9 Å². The molecule has 6 heteroatoms. The first kappa shape index (κ1) is 16.2. The van der Waals surface area contributed by atoms with Gasteiger partial charge in [0.15, 0.2) is 0 Å². The predicted molar refractivity (Wildman–Crippen MR) is 78.5 cm³/mol. The molecule has 0 aromatic carbocycles. The zero-order valence-electron chi connectivity index (χ0n) is 11.5. The van der Waals surface area contributed by atoms with Crippen molar-refractivity contribution in [2.45, 2.75) is 13.8 Å². The molecule has 0 bridgehead atoms. The Bertz CT molecular complexity index is 526. The van der Waals surface area contributed by atoms with Gasteiger partial charge in [-0.1, -0.05) is 25.7 Å². The Balaban J connectivity index is 2.43. The van der Waals surface area contributed by atoms with Gasteiger partial charge in [-0.15, -0.1) is 11.3 Å². The highest BCUT2D eigenvalue weighted by Crippen LogP contribution is 2.14. The van der Waals surface area contributed by atoms with Gasteiger partial charge in [0.2, 0.25) is 5.91 Å². The van der Waals surface area contributed by atoms with Crippen molar-refractivity contribution >= 4 is 23.2 Å². The molecule has 5 nitrogen and oxygen atoms in total. The summed E-state index contributed by atoms with van der Waals surface area (Å²) in [6.07, 6.45) is 0. The first-order valence-electron chi connectivity index (χ1n) is 6.27. The lowest BCUT2D eigenvalue weighted by molar-refractivity contribution is -0.120. The third kappa shape index (κ3) is 5.87. The molecular formula is C14H18N2O3S. The lowest BCUT2D eigenvalue weighted by atomic mass is 10.2. The second-order valence-corrected chi connectivity index (χ2v) is 5.59. The van der Waals surface area contributed by atoms with Crippen molar-refractivity contribution in [3.8, 4) is 11.8 Å². The molecule has 0 aliphatic heterocycles. The van der Waals surface area contributed by atoms with E-state index in [0.29, 0.717) is 22.2 Å². The first-order chi connectivity index (χ1) is 9.52. The number of carbonyl (C=O) groups excluding carboxylic acids is 2. The van der Waals surface area contributed by atoms with Crippen LogP contribution in [-0.4, -0.2) is 36.6 Å². The number of hydrogen-bond donors (Lipinski definition) is 3. The molecule has 0 saturated heterocycles. The van der Waals surface area contributed by atoms with Crippen molar-refractivity contribution in [1.29, 1.82) is 0 Å². The maximum atomic E-state index is 11.8. The van der Waals surface area contributed by atoms with Crippen LogP contribution in [0.5, 0.6) is 0 Å². The topological polar surface area (TPSA) is 78.4 Å². The molecule has 1 heterocycles. The van der Waals surface area contributed by atoms with Gasteiger partial charge in [-0.05, 0) is 18.1 Å². The van der Waals surface area contributed by atoms with Gasteiger partial charge in [0, 0.05) is 6.54 Å². The lowest BCUT2D eigenvalue weighted by Gasteiger charge is -2.07. The molecule has 1 aromatic heterocycles. The van der Waals surface area contributed by atoms with Crippen LogP contribution >= 0.6 is 11.3 Å². The number of thiophene rings is 1. The highest BCUT2D eigenvalue weighted by atomic mass is 32.1. The fourth-order valence-corrected chi connectivity index (χ4v) is 2.08. The summed E-state index contributed by atoms with van der Waals surface area (Å²) in [6.45, 7) is 4.34. The van der Waals surface area contributed by atoms with Gasteiger partial charge in [0.25, 0.3) is 5.91 Å². The molecule has 1 rings (SSSR count).